The molecule has 7 nitrogen and oxygen atoms in total. The van der Waals surface area contributed by atoms with E-state index in [1.165, 1.54) is 17.0 Å². The number of carbonyl (C=O) groups excluding carboxylic acids is 2. The van der Waals surface area contributed by atoms with Crippen molar-refractivity contribution in [3.05, 3.63) is 93.5 Å². The van der Waals surface area contributed by atoms with E-state index in [0.717, 1.165) is 15.4 Å². The summed E-state index contributed by atoms with van der Waals surface area (Å²) < 4.78 is 29.1. The molecule has 41 heavy (non-hydrogen) atoms. The van der Waals surface area contributed by atoms with E-state index < -0.39 is 28.5 Å². The number of hydrogen-bond acceptors (Lipinski definition) is 4. The average molecular weight is 619 g/mol. The molecule has 2 amide bonds. The fourth-order valence-corrected chi connectivity index (χ4v) is 6.46. The Hall–Kier alpha value is -3.07. The van der Waals surface area contributed by atoms with Crippen molar-refractivity contribution in [3.8, 4) is 0 Å². The molecule has 0 bridgehead atoms. The number of carbonyl (C=O) groups is 2. The molecule has 0 saturated heterocycles. The van der Waals surface area contributed by atoms with Crippen LogP contribution in [0, 0.1) is 13.8 Å². The average Bonchev–Trinajstić information content (AvgIpc) is 2.95. The van der Waals surface area contributed by atoms with Crippen LogP contribution in [0.3, 0.4) is 0 Å². The summed E-state index contributed by atoms with van der Waals surface area (Å²) in [4.78, 5) is 29.1. The maximum absolute atomic E-state index is 14.2. The van der Waals surface area contributed by atoms with Crippen molar-refractivity contribution in [1.29, 1.82) is 0 Å². The first kappa shape index (κ1) is 32.4. The molecule has 3 aromatic rings. The van der Waals surface area contributed by atoms with Gasteiger partial charge in [0, 0.05) is 28.2 Å². The Kier molecular flexibility index (Phi) is 11.2. The van der Waals surface area contributed by atoms with Gasteiger partial charge in [0.05, 0.1) is 10.6 Å². The third-order valence-corrected chi connectivity index (χ3v) is 9.71. The third-order valence-electron chi connectivity index (χ3n) is 7.23. The number of halogens is 2. The van der Waals surface area contributed by atoms with Crippen LogP contribution in [0.25, 0.3) is 0 Å². The van der Waals surface area contributed by atoms with Crippen molar-refractivity contribution in [2.75, 3.05) is 10.8 Å². The van der Waals surface area contributed by atoms with Crippen LogP contribution in [0.15, 0.2) is 71.6 Å². The quantitative estimate of drug-likeness (QED) is 0.250. The van der Waals surface area contributed by atoms with Gasteiger partial charge < -0.3 is 10.2 Å². The highest BCUT2D eigenvalue weighted by Crippen LogP contribution is 2.31. The lowest BCUT2D eigenvalue weighted by Gasteiger charge is -2.34. The van der Waals surface area contributed by atoms with Crippen LogP contribution in [0.2, 0.25) is 10.0 Å². The molecule has 2 atom stereocenters. The van der Waals surface area contributed by atoms with E-state index in [1.54, 1.807) is 55.5 Å². The van der Waals surface area contributed by atoms with Crippen LogP contribution in [0.5, 0.6) is 0 Å². The van der Waals surface area contributed by atoms with Crippen molar-refractivity contribution in [3.63, 3.8) is 0 Å². The Balaban J connectivity index is 2.13. The van der Waals surface area contributed by atoms with Gasteiger partial charge >= 0.3 is 0 Å². The summed E-state index contributed by atoms with van der Waals surface area (Å²) >= 11 is 13.0. The number of anilines is 1. The SMILES string of the molecule is CCC(C)NC(=O)C(CC)N(Cc1c(Cl)cccc1Cl)C(=O)CN(c1cccc(C)c1C)S(=O)(=O)c1ccccc1. The lowest BCUT2D eigenvalue weighted by Crippen LogP contribution is -2.53. The van der Waals surface area contributed by atoms with Gasteiger partial charge in [-0.2, -0.15) is 0 Å². The topological polar surface area (TPSA) is 86.8 Å². The highest BCUT2D eigenvalue weighted by molar-refractivity contribution is 7.92. The van der Waals surface area contributed by atoms with Crippen LogP contribution in [0.1, 0.15) is 50.3 Å². The molecule has 3 rings (SSSR count). The monoisotopic (exact) mass is 617 g/mol. The fourth-order valence-electron chi connectivity index (χ4n) is 4.45. The largest absolute Gasteiger partial charge is 0.352 e. The molecule has 2 unspecified atom stereocenters. The summed E-state index contributed by atoms with van der Waals surface area (Å²) in [5.41, 5.74) is 2.46. The molecule has 0 spiro atoms. The molecule has 0 saturated carbocycles. The number of aryl methyl sites for hydroxylation is 1. The van der Waals surface area contributed by atoms with Gasteiger partial charge in [0.2, 0.25) is 11.8 Å². The third kappa shape index (κ3) is 7.61. The van der Waals surface area contributed by atoms with E-state index in [0.29, 0.717) is 34.1 Å². The van der Waals surface area contributed by atoms with Crippen LogP contribution in [0.4, 0.5) is 5.69 Å². The fraction of sp³-hybridized carbons (Fsp3) is 0.355. The molecule has 0 aliphatic rings. The van der Waals surface area contributed by atoms with Crippen molar-refractivity contribution in [1.82, 2.24) is 10.2 Å². The molecule has 0 fully saturated rings. The summed E-state index contributed by atoms with van der Waals surface area (Å²) in [6.07, 6.45) is 1.01. The number of hydrogen-bond donors (Lipinski definition) is 1. The second-order valence-corrected chi connectivity index (χ2v) is 12.7. The number of sulfonamides is 1. The molecular formula is C31H37Cl2N3O4S. The highest BCUT2D eigenvalue weighted by Gasteiger charge is 2.35. The van der Waals surface area contributed by atoms with Gasteiger partial charge in [-0.15, -0.1) is 0 Å². The normalized spacial score (nSPS) is 12.9. The molecule has 0 aliphatic heterocycles. The van der Waals surface area contributed by atoms with Gasteiger partial charge in [-0.3, -0.25) is 13.9 Å². The van der Waals surface area contributed by atoms with E-state index >= 15 is 0 Å². The summed E-state index contributed by atoms with van der Waals surface area (Å²) in [7, 11) is -4.15. The summed E-state index contributed by atoms with van der Waals surface area (Å²) in [5.74, 6) is -0.893. The Morgan fingerprint density at radius 3 is 2.07 bits per heavy atom. The number of amides is 2. The van der Waals surface area contributed by atoms with Gasteiger partial charge in [0.25, 0.3) is 10.0 Å². The smallest absolute Gasteiger partial charge is 0.264 e. The molecular weight excluding hydrogens is 581 g/mol. The Labute approximate surface area is 253 Å². The standard InChI is InChI=1S/C31H37Cl2N3O4S/c1-6-22(4)34-31(38)28(7-2)35(19-25-26(32)16-12-17-27(25)33)30(37)20-36(29-18-11-13-21(3)23(29)5)41(39,40)24-14-9-8-10-15-24/h8-18,22,28H,6-7,19-20H2,1-5H3,(H,34,38). The minimum absolute atomic E-state index is 0.0518. The first-order valence-electron chi connectivity index (χ1n) is 13.6. The second-order valence-electron chi connectivity index (χ2n) is 10.0. The first-order chi connectivity index (χ1) is 19.4. The first-order valence-corrected chi connectivity index (χ1v) is 15.8. The van der Waals surface area contributed by atoms with Crippen LogP contribution < -0.4 is 9.62 Å². The molecule has 3 aromatic carbocycles. The van der Waals surface area contributed by atoms with Crippen molar-refractivity contribution >= 4 is 50.7 Å². The van der Waals surface area contributed by atoms with E-state index in [1.807, 2.05) is 33.8 Å². The van der Waals surface area contributed by atoms with Crippen molar-refractivity contribution in [2.24, 2.45) is 0 Å². The number of nitrogens with one attached hydrogen (secondary N) is 1. The lowest BCUT2D eigenvalue weighted by molar-refractivity contribution is -0.140. The van der Waals surface area contributed by atoms with Gasteiger partial charge in [-0.1, -0.05) is 73.4 Å². The zero-order chi connectivity index (χ0) is 30.3. The molecule has 1 N–H and O–H groups in total. The van der Waals surface area contributed by atoms with Crippen LogP contribution >= 0.6 is 23.2 Å². The van der Waals surface area contributed by atoms with E-state index in [4.69, 9.17) is 23.2 Å². The highest BCUT2D eigenvalue weighted by atomic mass is 35.5. The van der Waals surface area contributed by atoms with Crippen LogP contribution in [-0.4, -0.2) is 43.8 Å². The Morgan fingerprint density at radius 1 is 0.878 bits per heavy atom. The van der Waals surface area contributed by atoms with Gasteiger partial charge in [-0.25, -0.2) is 8.42 Å². The Morgan fingerprint density at radius 2 is 1.49 bits per heavy atom. The van der Waals surface area contributed by atoms with E-state index in [-0.39, 0.29) is 23.4 Å². The second kappa shape index (κ2) is 14.2. The van der Waals surface area contributed by atoms with Gasteiger partial charge in [0.15, 0.2) is 0 Å². The summed E-state index contributed by atoms with van der Waals surface area (Å²) in [6.45, 7) is 8.74. The van der Waals surface area contributed by atoms with Crippen molar-refractivity contribution in [2.45, 2.75) is 71.0 Å². The molecule has 0 heterocycles. The number of benzene rings is 3. The molecule has 220 valence electrons. The van der Waals surface area contributed by atoms with E-state index in [9.17, 15) is 18.0 Å². The zero-order valence-electron chi connectivity index (χ0n) is 24.0. The van der Waals surface area contributed by atoms with Gasteiger partial charge in [0.1, 0.15) is 12.6 Å². The molecule has 0 aliphatic carbocycles. The maximum Gasteiger partial charge on any atom is 0.264 e. The van der Waals surface area contributed by atoms with Gasteiger partial charge in [-0.05, 0) is 75.1 Å². The minimum Gasteiger partial charge on any atom is -0.352 e. The molecule has 0 radical (unpaired) electrons. The lowest BCUT2D eigenvalue weighted by atomic mass is 10.1. The number of rotatable bonds is 12. The number of nitrogens with zero attached hydrogens (tertiary/aromatic N) is 2. The molecule has 10 heteroatoms. The minimum atomic E-state index is -4.15. The van der Waals surface area contributed by atoms with E-state index in [2.05, 4.69) is 5.32 Å². The van der Waals surface area contributed by atoms with Crippen molar-refractivity contribution < 1.29 is 18.0 Å². The zero-order valence-corrected chi connectivity index (χ0v) is 26.4. The predicted octanol–water partition coefficient (Wildman–Crippen LogP) is 6.53. The van der Waals surface area contributed by atoms with Crippen LogP contribution in [-0.2, 0) is 26.2 Å². The maximum atomic E-state index is 14.2. The predicted molar refractivity (Wildman–Crippen MR) is 166 cm³/mol. The Bertz CT molecular complexity index is 1460. The molecule has 0 aromatic heterocycles. The summed E-state index contributed by atoms with van der Waals surface area (Å²) in [5, 5.41) is 3.64. The summed E-state index contributed by atoms with van der Waals surface area (Å²) in [6, 6.07) is 17.3.